The first-order chi connectivity index (χ1) is 15.9. The maximum Gasteiger partial charge on any atom is 0.150 e. The molecule has 4 saturated carbocycles. The van der Waals surface area contributed by atoms with Gasteiger partial charge in [-0.2, -0.15) is 0 Å². The van der Waals surface area contributed by atoms with Crippen molar-refractivity contribution in [2.75, 3.05) is 5.75 Å². The molecule has 1 N–H and O–H groups in total. The van der Waals surface area contributed by atoms with E-state index in [2.05, 4.69) is 44.2 Å². The van der Waals surface area contributed by atoms with Crippen LogP contribution in [0.3, 0.4) is 0 Å². The minimum Gasteiger partial charge on any atom is -0.388 e. The summed E-state index contributed by atoms with van der Waals surface area (Å²) in [6.07, 6.45) is 15.4. The maximum absolute atomic E-state index is 12.1. The van der Waals surface area contributed by atoms with E-state index in [-0.39, 0.29) is 5.41 Å². The molecule has 0 unspecified atom stereocenters. The van der Waals surface area contributed by atoms with E-state index in [1.54, 1.807) is 23.1 Å². The number of hydrogen-bond acceptors (Lipinski definition) is 4. The molecule has 0 saturated heterocycles. The van der Waals surface area contributed by atoms with Gasteiger partial charge < -0.3 is 5.11 Å². The number of fused-ring (bicyclic) bond motifs is 5. The highest BCUT2D eigenvalue weighted by Gasteiger charge is 2.64. The zero-order chi connectivity index (χ0) is 22.7. The Morgan fingerprint density at radius 1 is 0.970 bits per heavy atom. The molecule has 0 amide bonds. The number of rotatable bonds is 4. The van der Waals surface area contributed by atoms with Crippen molar-refractivity contribution in [3.63, 3.8) is 0 Å². The largest absolute Gasteiger partial charge is 0.388 e. The normalized spacial score (nSPS) is 42.4. The van der Waals surface area contributed by atoms with Crippen molar-refractivity contribution >= 4 is 23.1 Å². The van der Waals surface area contributed by atoms with Crippen molar-refractivity contribution in [3.8, 4) is 10.4 Å². The number of benzene rings is 1. The van der Waals surface area contributed by atoms with Gasteiger partial charge in [-0.1, -0.05) is 68.8 Å². The summed E-state index contributed by atoms with van der Waals surface area (Å²) in [5, 5.41) is 12.1. The van der Waals surface area contributed by atoms with Crippen LogP contribution in [-0.4, -0.2) is 21.4 Å². The number of aromatic nitrogens is 1. The van der Waals surface area contributed by atoms with Crippen LogP contribution in [0.2, 0.25) is 0 Å². The van der Waals surface area contributed by atoms with E-state index in [0.717, 1.165) is 34.3 Å². The van der Waals surface area contributed by atoms with Crippen LogP contribution in [0, 0.1) is 34.5 Å². The third-order valence-corrected chi connectivity index (χ3v) is 13.3. The van der Waals surface area contributed by atoms with Gasteiger partial charge in [0.15, 0.2) is 0 Å². The van der Waals surface area contributed by atoms with Crippen molar-refractivity contribution in [2.45, 2.75) is 88.0 Å². The molecule has 0 aliphatic heterocycles. The van der Waals surface area contributed by atoms with Gasteiger partial charge in [0.05, 0.1) is 10.5 Å². The van der Waals surface area contributed by atoms with Crippen LogP contribution in [-0.2, 0) is 0 Å². The summed E-state index contributed by atoms with van der Waals surface area (Å²) in [6.45, 7) is 5.11. The molecule has 2 nitrogen and oxygen atoms in total. The fraction of sp³-hybridized carbons (Fsp3) is 0.690. The van der Waals surface area contributed by atoms with Gasteiger partial charge in [-0.15, -0.1) is 11.3 Å². The molecule has 4 fully saturated rings. The molecular weight excluding hydrogens is 442 g/mol. The quantitative estimate of drug-likeness (QED) is 0.448. The second kappa shape index (κ2) is 8.38. The highest BCUT2D eigenvalue weighted by molar-refractivity contribution is 8.01. The molecule has 1 aromatic heterocycles. The Bertz CT molecular complexity index is 991. The lowest BCUT2D eigenvalue weighted by molar-refractivity contribution is -0.143. The molecule has 4 heteroatoms. The lowest BCUT2D eigenvalue weighted by atomic mass is 9.44. The zero-order valence-corrected chi connectivity index (χ0v) is 21.9. The van der Waals surface area contributed by atoms with Crippen LogP contribution in [0.25, 0.3) is 10.4 Å². The van der Waals surface area contributed by atoms with Crippen LogP contribution in [0.15, 0.2) is 40.9 Å². The highest BCUT2D eigenvalue weighted by atomic mass is 32.2. The van der Waals surface area contributed by atoms with Crippen molar-refractivity contribution in [1.82, 2.24) is 4.98 Å². The first kappa shape index (κ1) is 22.6. The first-order valence-electron chi connectivity index (χ1n) is 13.3. The van der Waals surface area contributed by atoms with Gasteiger partial charge in [0.25, 0.3) is 0 Å². The molecule has 2 aromatic rings. The minimum atomic E-state index is -0.559. The molecule has 1 aromatic carbocycles. The molecule has 1 heterocycles. The molecule has 0 spiro atoms. The number of hydrogen-bond donors (Lipinski definition) is 1. The third-order valence-electron chi connectivity index (χ3n) is 10.9. The number of thioether (sulfide) groups is 1. The first-order valence-corrected chi connectivity index (χ1v) is 15.1. The van der Waals surface area contributed by atoms with Gasteiger partial charge in [0.2, 0.25) is 0 Å². The summed E-state index contributed by atoms with van der Waals surface area (Å²) in [5.74, 6) is 4.21. The van der Waals surface area contributed by atoms with E-state index >= 15 is 0 Å². The van der Waals surface area contributed by atoms with E-state index in [1.807, 2.05) is 6.20 Å². The Morgan fingerprint density at radius 2 is 1.79 bits per heavy atom. The molecule has 6 rings (SSSR count). The summed E-state index contributed by atoms with van der Waals surface area (Å²) in [4.78, 5) is 5.92. The monoisotopic (exact) mass is 481 g/mol. The number of nitrogens with zero attached hydrogens (tertiary/aromatic N) is 1. The van der Waals surface area contributed by atoms with E-state index in [0.29, 0.717) is 11.3 Å². The van der Waals surface area contributed by atoms with Gasteiger partial charge in [-0.3, -0.25) is 0 Å². The zero-order valence-electron chi connectivity index (χ0n) is 20.3. The van der Waals surface area contributed by atoms with Gasteiger partial charge in [0.1, 0.15) is 4.34 Å². The van der Waals surface area contributed by atoms with E-state index < -0.39 is 5.60 Å². The molecule has 33 heavy (non-hydrogen) atoms. The molecular formula is C29H39NOS2. The summed E-state index contributed by atoms with van der Waals surface area (Å²) in [7, 11) is 0. The smallest absolute Gasteiger partial charge is 0.150 e. The highest BCUT2D eigenvalue weighted by Crippen LogP contribution is 2.68. The SMILES string of the molecule is C[C@]12CCCC[C@H]1CC[C@H]1[C@H]3CC[C@@](O)(CSc4ncc(-c5ccccc5)s4)[C@@]3(C)CC[C@@H]12. The molecule has 0 radical (unpaired) electrons. The molecule has 178 valence electrons. The van der Waals surface area contributed by atoms with Crippen molar-refractivity contribution in [2.24, 2.45) is 34.5 Å². The van der Waals surface area contributed by atoms with Crippen LogP contribution in [0.5, 0.6) is 0 Å². The topological polar surface area (TPSA) is 33.1 Å². The predicted molar refractivity (Wildman–Crippen MR) is 140 cm³/mol. The second-order valence-electron chi connectivity index (χ2n) is 12.1. The Labute approximate surface area is 208 Å². The van der Waals surface area contributed by atoms with Gasteiger partial charge in [-0.05, 0) is 86.0 Å². The third kappa shape index (κ3) is 3.57. The molecule has 4 aliphatic rings. The Morgan fingerprint density at radius 3 is 2.64 bits per heavy atom. The summed E-state index contributed by atoms with van der Waals surface area (Å²) in [6, 6.07) is 10.5. The standard InChI is InChI=1S/C29H39NOS2/c1-27-15-7-6-10-21(27)11-12-22-23(27)13-16-28(2)24(22)14-17-29(28,31)19-32-26-30-18-25(33-26)20-8-4-3-5-9-20/h3-5,8-9,18,21-24,31H,6-7,10-17,19H2,1-2H3/t21-,22+,23-,24+,27-,28-,29+/m0/s1. The Hall–Kier alpha value is -0.840. The van der Waals surface area contributed by atoms with E-state index in [9.17, 15) is 5.11 Å². The van der Waals surface area contributed by atoms with Crippen LogP contribution < -0.4 is 0 Å². The molecule has 4 aliphatic carbocycles. The summed E-state index contributed by atoms with van der Waals surface area (Å²) >= 11 is 3.56. The van der Waals surface area contributed by atoms with Crippen molar-refractivity contribution < 1.29 is 5.11 Å². The number of aliphatic hydroxyl groups is 1. The second-order valence-corrected chi connectivity index (χ2v) is 14.3. The summed E-state index contributed by atoms with van der Waals surface area (Å²) < 4.78 is 1.10. The van der Waals surface area contributed by atoms with Crippen LogP contribution in [0.4, 0.5) is 0 Å². The fourth-order valence-corrected chi connectivity index (χ4v) is 11.2. The lowest BCUT2D eigenvalue weighted by Crippen LogP contribution is -2.56. The van der Waals surface area contributed by atoms with E-state index in [1.165, 1.54) is 68.2 Å². The number of thiazole rings is 1. The Kier molecular flexibility index (Phi) is 5.74. The van der Waals surface area contributed by atoms with E-state index in [4.69, 9.17) is 4.98 Å². The fourth-order valence-electron chi connectivity index (χ4n) is 8.88. The van der Waals surface area contributed by atoms with Crippen LogP contribution >= 0.6 is 23.1 Å². The Balaban J connectivity index is 1.18. The maximum atomic E-state index is 12.1. The lowest BCUT2D eigenvalue weighted by Gasteiger charge is -2.61. The van der Waals surface area contributed by atoms with Gasteiger partial charge >= 0.3 is 0 Å². The van der Waals surface area contributed by atoms with Crippen LogP contribution in [0.1, 0.15) is 78.1 Å². The molecule has 0 bridgehead atoms. The van der Waals surface area contributed by atoms with Gasteiger partial charge in [0, 0.05) is 17.4 Å². The average molecular weight is 482 g/mol. The van der Waals surface area contributed by atoms with Crippen molar-refractivity contribution in [3.05, 3.63) is 36.5 Å². The minimum absolute atomic E-state index is 0.0680. The van der Waals surface area contributed by atoms with Gasteiger partial charge in [-0.25, -0.2) is 4.98 Å². The average Bonchev–Trinajstić information content (AvgIpc) is 3.41. The molecule has 7 atom stereocenters. The summed E-state index contributed by atoms with van der Waals surface area (Å²) in [5.41, 5.74) is 1.32. The predicted octanol–water partition coefficient (Wildman–Crippen LogP) is 8.07. The van der Waals surface area contributed by atoms with Crippen molar-refractivity contribution in [1.29, 1.82) is 0 Å².